The minimum atomic E-state index is -4.33. The average molecular weight is 430 g/mol. The molecule has 2 heterocycles. The molecule has 4 aromatic rings. The summed E-state index contributed by atoms with van der Waals surface area (Å²) in [6.45, 7) is 0. The number of hydrogen-bond donors (Lipinski definition) is 1. The fraction of sp³-hybridized carbons (Fsp3) is 0.238. The van der Waals surface area contributed by atoms with E-state index in [-0.39, 0.29) is 28.6 Å². The van der Waals surface area contributed by atoms with E-state index in [9.17, 15) is 18.0 Å². The van der Waals surface area contributed by atoms with Crippen molar-refractivity contribution < 1.29 is 18.0 Å². The van der Waals surface area contributed by atoms with Gasteiger partial charge in [0.25, 0.3) is 5.91 Å². The monoisotopic (exact) mass is 430 g/mol. The van der Waals surface area contributed by atoms with Crippen LogP contribution in [-0.2, 0) is 7.05 Å². The Balaban J connectivity index is 1.61. The van der Waals surface area contributed by atoms with E-state index < -0.39 is 5.51 Å². The van der Waals surface area contributed by atoms with Gasteiger partial charge in [0, 0.05) is 46.2 Å². The van der Waals surface area contributed by atoms with Crippen molar-refractivity contribution in [1.29, 1.82) is 0 Å². The molecule has 5 rings (SSSR count). The number of nitrogens with zero attached hydrogens (tertiary/aromatic N) is 3. The molecule has 2 aromatic heterocycles. The minimum absolute atomic E-state index is 0.0993. The lowest BCUT2D eigenvalue weighted by Gasteiger charge is -2.10. The minimum Gasteiger partial charge on any atom is -0.349 e. The van der Waals surface area contributed by atoms with Crippen LogP contribution in [0.4, 0.5) is 13.2 Å². The Morgan fingerprint density at radius 1 is 1.13 bits per heavy atom. The Bertz CT molecular complexity index is 1270. The Labute approximate surface area is 173 Å². The van der Waals surface area contributed by atoms with E-state index in [1.807, 2.05) is 29.9 Å². The van der Waals surface area contributed by atoms with E-state index >= 15 is 0 Å². The number of carbonyl (C=O) groups excluding carboxylic acids is 1. The van der Waals surface area contributed by atoms with Crippen LogP contribution < -0.4 is 5.32 Å². The van der Waals surface area contributed by atoms with Crippen LogP contribution >= 0.6 is 11.8 Å². The zero-order chi connectivity index (χ0) is 21.0. The normalized spacial score (nSPS) is 14.5. The number of nitrogens with one attached hydrogen (secondary N) is 1. The van der Waals surface area contributed by atoms with Crippen LogP contribution in [0.2, 0.25) is 0 Å². The van der Waals surface area contributed by atoms with Crippen molar-refractivity contribution in [3.63, 3.8) is 0 Å². The summed E-state index contributed by atoms with van der Waals surface area (Å²) in [5, 5.41) is 9.27. The number of fused-ring (bicyclic) bond motifs is 3. The third-order valence-corrected chi connectivity index (χ3v) is 5.79. The molecule has 1 aliphatic rings. The van der Waals surface area contributed by atoms with Crippen LogP contribution in [0.5, 0.6) is 0 Å². The number of halogens is 3. The summed E-state index contributed by atoms with van der Waals surface area (Å²) in [7, 11) is 1.81. The van der Waals surface area contributed by atoms with Crippen LogP contribution in [0.15, 0.2) is 53.6 Å². The summed E-state index contributed by atoms with van der Waals surface area (Å²) in [4.78, 5) is 12.6. The summed E-state index contributed by atoms with van der Waals surface area (Å²) in [6.07, 6.45) is 3.91. The highest BCUT2D eigenvalue weighted by molar-refractivity contribution is 8.00. The summed E-state index contributed by atoms with van der Waals surface area (Å²) in [5.41, 5.74) is -1.52. The largest absolute Gasteiger partial charge is 0.446 e. The number of aromatic nitrogens is 3. The second-order valence-corrected chi connectivity index (χ2v) is 8.54. The van der Waals surface area contributed by atoms with Gasteiger partial charge >= 0.3 is 5.51 Å². The van der Waals surface area contributed by atoms with Gasteiger partial charge in [-0.1, -0.05) is 0 Å². The van der Waals surface area contributed by atoms with Crippen molar-refractivity contribution in [2.24, 2.45) is 7.05 Å². The van der Waals surface area contributed by atoms with Gasteiger partial charge in [0.1, 0.15) is 0 Å². The van der Waals surface area contributed by atoms with Crippen molar-refractivity contribution in [2.45, 2.75) is 29.3 Å². The first-order chi connectivity index (χ1) is 14.3. The van der Waals surface area contributed by atoms with E-state index in [0.29, 0.717) is 16.9 Å². The van der Waals surface area contributed by atoms with E-state index in [1.54, 1.807) is 22.9 Å². The zero-order valence-corrected chi connectivity index (χ0v) is 16.7. The summed E-state index contributed by atoms with van der Waals surface area (Å²) in [6, 6.07) is 11.9. The SMILES string of the molecule is Cn1cc2c3cc(C(=O)NC4CC4)ccc3n(-c3ccc(SC(F)(F)F)cc3)c2n1. The molecule has 1 N–H and O–H groups in total. The van der Waals surface area contributed by atoms with Crippen molar-refractivity contribution in [3.05, 3.63) is 54.2 Å². The van der Waals surface area contributed by atoms with E-state index in [2.05, 4.69) is 10.4 Å². The van der Waals surface area contributed by atoms with Crippen molar-refractivity contribution in [2.75, 3.05) is 0 Å². The highest BCUT2D eigenvalue weighted by atomic mass is 32.2. The van der Waals surface area contributed by atoms with Gasteiger partial charge in [0.15, 0.2) is 5.65 Å². The first-order valence-corrected chi connectivity index (χ1v) is 10.2. The number of amides is 1. The highest BCUT2D eigenvalue weighted by Crippen LogP contribution is 2.38. The number of hydrogen-bond acceptors (Lipinski definition) is 3. The lowest BCUT2D eigenvalue weighted by molar-refractivity contribution is -0.0328. The molecule has 2 aromatic carbocycles. The molecule has 0 radical (unpaired) electrons. The maximum atomic E-state index is 12.6. The molecule has 1 saturated carbocycles. The molecule has 30 heavy (non-hydrogen) atoms. The van der Waals surface area contributed by atoms with Gasteiger partial charge < -0.3 is 5.32 Å². The molecule has 0 spiro atoms. The van der Waals surface area contributed by atoms with Crippen molar-refractivity contribution in [3.8, 4) is 5.69 Å². The second-order valence-electron chi connectivity index (χ2n) is 7.40. The van der Waals surface area contributed by atoms with Crippen LogP contribution in [0, 0.1) is 0 Å². The van der Waals surface area contributed by atoms with E-state index in [4.69, 9.17) is 0 Å². The van der Waals surface area contributed by atoms with Gasteiger partial charge in [-0.25, -0.2) is 0 Å². The summed E-state index contributed by atoms with van der Waals surface area (Å²) >= 11 is -0.140. The van der Waals surface area contributed by atoms with Crippen LogP contribution in [-0.4, -0.2) is 31.8 Å². The number of alkyl halides is 3. The molecule has 1 aliphatic carbocycles. The molecule has 5 nitrogen and oxygen atoms in total. The number of thioether (sulfide) groups is 1. The maximum Gasteiger partial charge on any atom is 0.446 e. The molecule has 0 unspecified atom stereocenters. The topological polar surface area (TPSA) is 51.9 Å². The van der Waals surface area contributed by atoms with Gasteiger partial charge in [-0.3, -0.25) is 14.0 Å². The highest BCUT2D eigenvalue weighted by Gasteiger charge is 2.29. The predicted octanol–water partition coefficient (Wildman–Crippen LogP) is 5.02. The van der Waals surface area contributed by atoms with Crippen molar-refractivity contribution >= 4 is 39.6 Å². The fourth-order valence-corrected chi connectivity index (χ4v) is 4.13. The molecule has 9 heteroatoms. The van der Waals surface area contributed by atoms with Crippen molar-refractivity contribution in [1.82, 2.24) is 19.7 Å². The molecule has 0 aliphatic heterocycles. The Hall–Kier alpha value is -2.94. The van der Waals surface area contributed by atoms with Gasteiger partial charge in [-0.2, -0.15) is 18.3 Å². The van der Waals surface area contributed by atoms with Crippen LogP contribution in [0.3, 0.4) is 0 Å². The number of benzene rings is 2. The molecule has 0 atom stereocenters. The molecule has 1 fully saturated rings. The van der Waals surface area contributed by atoms with Gasteiger partial charge in [-0.15, -0.1) is 0 Å². The third kappa shape index (κ3) is 3.54. The molecular formula is C21H17F3N4OS. The van der Waals surface area contributed by atoms with Crippen LogP contribution in [0.25, 0.3) is 27.6 Å². The number of rotatable bonds is 4. The Morgan fingerprint density at radius 3 is 2.53 bits per heavy atom. The van der Waals surface area contributed by atoms with Gasteiger partial charge in [-0.05, 0) is 67.1 Å². The van der Waals surface area contributed by atoms with Gasteiger partial charge in [0.2, 0.25) is 0 Å². The first-order valence-electron chi connectivity index (χ1n) is 9.43. The standard InChI is InChI=1S/C21H17F3N4OS/c1-27-11-17-16-10-12(20(29)25-13-3-4-13)2-9-18(16)28(19(17)26-27)14-5-7-15(8-6-14)30-21(22,23)24/h2,5-11,13H,3-4H2,1H3,(H,25,29). The quantitative estimate of drug-likeness (QED) is 0.463. The summed E-state index contributed by atoms with van der Waals surface area (Å²) in [5.74, 6) is -0.0993. The Morgan fingerprint density at radius 2 is 1.87 bits per heavy atom. The number of aryl methyl sites for hydroxylation is 1. The molecule has 0 bridgehead atoms. The first kappa shape index (κ1) is 19.0. The van der Waals surface area contributed by atoms with Gasteiger partial charge in [0.05, 0.1) is 5.52 Å². The predicted molar refractivity (Wildman–Crippen MR) is 110 cm³/mol. The number of carbonyl (C=O) groups is 1. The molecule has 154 valence electrons. The third-order valence-electron chi connectivity index (χ3n) is 5.05. The average Bonchev–Trinajstić information content (AvgIpc) is 3.34. The lowest BCUT2D eigenvalue weighted by atomic mass is 10.1. The fourth-order valence-electron chi connectivity index (χ4n) is 3.59. The van der Waals surface area contributed by atoms with E-state index in [1.165, 1.54) is 12.1 Å². The summed E-state index contributed by atoms with van der Waals surface area (Å²) < 4.78 is 41.5. The molecular weight excluding hydrogens is 413 g/mol. The molecule has 1 amide bonds. The molecule has 0 saturated heterocycles. The lowest BCUT2D eigenvalue weighted by Crippen LogP contribution is -2.25. The van der Waals surface area contributed by atoms with Crippen LogP contribution in [0.1, 0.15) is 23.2 Å². The van der Waals surface area contributed by atoms with E-state index in [0.717, 1.165) is 29.1 Å². The smallest absolute Gasteiger partial charge is 0.349 e. The second kappa shape index (κ2) is 6.80. The Kier molecular flexibility index (Phi) is 4.32. The zero-order valence-electron chi connectivity index (χ0n) is 15.9. The maximum absolute atomic E-state index is 12.6.